The van der Waals surface area contributed by atoms with Gasteiger partial charge in [0.25, 0.3) is 0 Å². The number of anilines is 3. The van der Waals surface area contributed by atoms with E-state index in [1.54, 1.807) is 0 Å². The average molecular weight is 687 g/mol. The van der Waals surface area contributed by atoms with Crippen molar-refractivity contribution in [2.75, 3.05) is 4.90 Å². The van der Waals surface area contributed by atoms with Gasteiger partial charge in [-0.25, -0.2) is 0 Å². The summed E-state index contributed by atoms with van der Waals surface area (Å²) in [6.07, 6.45) is 0. The molecule has 9 aromatic rings. The van der Waals surface area contributed by atoms with E-state index in [1.165, 1.54) is 71.6 Å². The lowest BCUT2D eigenvalue weighted by Crippen LogP contribution is -2.10. The van der Waals surface area contributed by atoms with Gasteiger partial charge in [-0.2, -0.15) is 5.26 Å². The van der Waals surface area contributed by atoms with E-state index in [-0.39, 0.29) is 0 Å². The third kappa shape index (κ3) is 5.02. The summed E-state index contributed by atoms with van der Waals surface area (Å²) in [6.45, 7) is 2.05. The Hall–Kier alpha value is -7.21. The zero-order valence-corrected chi connectivity index (χ0v) is 29.8. The molecule has 0 radical (unpaired) electrons. The van der Waals surface area contributed by atoms with Gasteiger partial charge in [-0.05, 0) is 132 Å². The maximum Gasteiger partial charge on any atom is 0.0992 e. The molecular formula is C52H34N2. The largest absolute Gasteiger partial charge is 0.310 e. The highest BCUT2D eigenvalue weighted by Gasteiger charge is 2.31. The van der Waals surface area contributed by atoms with Crippen molar-refractivity contribution in [1.82, 2.24) is 0 Å². The number of aryl methyl sites for hydroxylation is 1. The molecule has 0 amide bonds. The van der Waals surface area contributed by atoms with Crippen molar-refractivity contribution in [1.29, 1.82) is 5.26 Å². The summed E-state index contributed by atoms with van der Waals surface area (Å²) in [7, 11) is 0. The van der Waals surface area contributed by atoms with Crippen molar-refractivity contribution < 1.29 is 0 Å². The molecule has 0 saturated carbocycles. The lowest BCUT2D eigenvalue weighted by atomic mass is 9.82. The fourth-order valence-electron chi connectivity index (χ4n) is 8.65. The summed E-state index contributed by atoms with van der Waals surface area (Å²) in [5.41, 5.74) is 17.2. The van der Waals surface area contributed by atoms with E-state index in [4.69, 9.17) is 0 Å². The number of rotatable bonds is 6. The Morgan fingerprint density at radius 1 is 0.389 bits per heavy atom. The van der Waals surface area contributed by atoms with Crippen LogP contribution in [0.2, 0.25) is 0 Å². The number of nitrogens with zero attached hydrogens (tertiary/aromatic N) is 2. The van der Waals surface area contributed by atoms with Crippen LogP contribution in [0.1, 0.15) is 11.1 Å². The fourth-order valence-corrected chi connectivity index (χ4v) is 8.65. The Morgan fingerprint density at radius 2 is 0.907 bits per heavy atom. The summed E-state index contributed by atoms with van der Waals surface area (Å²) in [5, 5.41) is 14.9. The van der Waals surface area contributed by atoms with Crippen LogP contribution < -0.4 is 4.90 Å². The van der Waals surface area contributed by atoms with Gasteiger partial charge in [0.1, 0.15) is 0 Å². The van der Waals surface area contributed by atoms with Gasteiger partial charge in [0, 0.05) is 17.1 Å². The highest BCUT2D eigenvalue weighted by molar-refractivity contribution is 6.28. The summed E-state index contributed by atoms with van der Waals surface area (Å²) < 4.78 is 0. The minimum Gasteiger partial charge on any atom is -0.310 e. The highest BCUT2D eigenvalue weighted by atomic mass is 15.1. The first-order valence-electron chi connectivity index (χ1n) is 18.4. The van der Waals surface area contributed by atoms with Gasteiger partial charge in [-0.15, -0.1) is 0 Å². The van der Waals surface area contributed by atoms with Crippen molar-refractivity contribution in [2.45, 2.75) is 6.92 Å². The molecule has 0 heterocycles. The maximum atomic E-state index is 9.87. The number of hydrogen-bond acceptors (Lipinski definition) is 2. The molecule has 0 aliphatic heterocycles. The molecule has 1 aliphatic rings. The quantitative estimate of drug-likeness (QED) is 0.174. The number of hydrogen-bond donors (Lipinski definition) is 0. The third-order valence-electron chi connectivity index (χ3n) is 10.8. The van der Waals surface area contributed by atoms with Crippen LogP contribution in [0.3, 0.4) is 0 Å². The molecule has 0 fully saturated rings. The minimum absolute atomic E-state index is 0.645. The lowest BCUT2D eigenvalue weighted by molar-refractivity contribution is 1.26. The van der Waals surface area contributed by atoms with Crippen molar-refractivity contribution in [3.63, 3.8) is 0 Å². The number of fused-ring (bicyclic) bond motifs is 4. The standard InChI is InChI=1S/C52H34N2/c1-34-29-35(33-53)31-41(30-34)54(39-20-9-4-10-21-39)40-22-13-19-38(32-40)42-27-28-47-50-43(42)25-14-26-46(50)51-48(36-15-5-2-6-16-36)44-23-11-12-24-45(44)49(52(47)51)37-17-7-3-8-18-37/h2-32H,1H3. The van der Waals surface area contributed by atoms with Crippen molar-refractivity contribution in [3.8, 4) is 61.7 Å². The van der Waals surface area contributed by atoms with Crippen molar-refractivity contribution >= 4 is 38.6 Å². The molecule has 0 aromatic heterocycles. The van der Waals surface area contributed by atoms with E-state index in [1.807, 2.05) is 25.1 Å². The first kappa shape index (κ1) is 31.5. The summed E-state index contributed by atoms with van der Waals surface area (Å²) in [4.78, 5) is 2.25. The van der Waals surface area contributed by atoms with Gasteiger partial charge < -0.3 is 4.90 Å². The third-order valence-corrected chi connectivity index (χ3v) is 10.8. The van der Waals surface area contributed by atoms with E-state index in [9.17, 15) is 5.26 Å². The van der Waals surface area contributed by atoms with Crippen LogP contribution in [-0.4, -0.2) is 0 Å². The van der Waals surface area contributed by atoms with Crippen LogP contribution >= 0.6 is 0 Å². The Kier molecular flexibility index (Phi) is 7.46. The molecular weight excluding hydrogens is 653 g/mol. The molecule has 2 nitrogen and oxygen atoms in total. The SMILES string of the molecule is Cc1cc(C#N)cc(N(c2ccccc2)c2cccc(-c3ccc4c5c(cccc35)-c3c-4c(-c4ccccc4)c4ccccc4c3-c3ccccc3)c2)c1. The van der Waals surface area contributed by atoms with Crippen molar-refractivity contribution in [2.24, 2.45) is 0 Å². The lowest BCUT2D eigenvalue weighted by Gasteiger charge is -2.26. The zero-order chi connectivity index (χ0) is 36.2. The second-order valence-electron chi connectivity index (χ2n) is 14.1. The number of para-hydroxylation sites is 1. The van der Waals surface area contributed by atoms with Crippen LogP contribution in [-0.2, 0) is 0 Å². The predicted molar refractivity (Wildman–Crippen MR) is 226 cm³/mol. The highest BCUT2D eigenvalue weighted by Crippen LogP contribution is 2.58. The zero-order valence-electron chi connectivity index (χ0n) is 29.8. The van der Waals surface area contributed by atoms with Gasteiger partial charge in [0.2, 0.25) is 0 Å². The summed E-state index contributed by atoms with van der Waals surface area (Å²) in [5.74, 6) is 0. The smallest absolute Gasteiger partial charge is 0.0992 e. The van der Waals surface area contributed by atoms with Crippen LogP contribution in [0.5, 0.6) is 0 Å². The van der Waals surface area contributed by atoms with E-state index >= 15 is 0 Å². The Bertz CT molecular complexity index is 2850. The summed E-state index contributed by atoms with van der Waals surface area (Å²) >= 11 is 0. The van der Waals surface area contributed by atoms with E-state index in [0.717, 1.165) is 28.2 Å². The molecule has 252 valence electrons. The van der Waals surface area contributed by atoms with E-state index < -0.39 is 0 Å². The molecule has 9 aromatic carbocycles. The van der Waals surface area contributed by atoms with E-state index in [2.05, 4.69) is 181 Å². The Balaban J connectivity index is 1.23. The first-order chi connectivity index (χ1) is 26.7. The van der Waals surface area contributed by atoms with E-state index in [0.29, 0.717) is 5.56 Å². The summed E-state index contributed by atoms with van der Waals surface area (Å²) in [6, 6.07) is 69.8. The molecule has 0 saturated heterocycles. The van der Waals surface area contributed by atoms with Gasteiger partial charge in [0.05, 0.1) is 11.6 Å². The van der Waals surface area contributed by atoms with Gasteiger partial charge in [-0.3, -0.25) is 0 Å². The van der Waals surface area contributed by atoms with Gasteiger partial charge in [0.15, 0.2) is 0 Å². The molecule has 0 atom stereocenters. The molecule has 2 heteroatoms. The molecule has 1 aliphatic carbocycles. The van der Waals surface area contributed by atoms with Crippen LogP contribution in [0.25, 0.3) is 77.2 Å². The Morgan fingerprint density at radius 3 is 1.56 bits per heavy atom. The van der Waals surface area contributed by atoms with Crippen molar-refractivity contribution in [3.05, 3.63) is 199 Å². The van der Waals surface area contributed by atoms with Crippen LogP contribution in [0.15, 0.2) is 188 Å². The molecule has 0 spiro atoms. The first-order valence-corrected chi connectivity index (χ1v) is 18.4. The van der Waals surface area contributed by atoms with Gasteiger partial charge in [-0.1, -0.05) is 146 Å². The predicted octanol–water partition coefficient (Wildman–Crippen LogP) is 14.3. The normalized spacial score (nSPS) is 11.4. The second-order valence-corrected chi connectivity index (χ2v) is 14.1. The average Bonchev–Trinajstić information content (AvgIpc) is 3.56. The maximum absolute atomic E-state index is 9.87. The number of nitriles is 1. The number of benzene rings is 9. The van der Waals surface area contributed by atoms with Crippen LogP contribution in [0.4, 0.5) is 17.1 Å². The topological polar surface area (TPSA) is 27.0 Å². The minimum atomic E-state index is 0.645. The van der Waals surface area contributed by atoms with Crippen LogP contribution in [0, 0.1) is 18.3 Å². The molecule has 0 unspecified atom stereocenters. The molecule has 0 N–H and O–H groups in total. The molecule has 10 rings (SSSR count). The Labute approximate surface area is 315 Å². The molecule has 0 bridgehead atoms. The van der Waals surface area contributed by atoms with Gasteiger partial charge >= 0.3 is 0 Å². The second kappa shape index (κ2) is 12.8. The molecule has 54 heavy (non-hydrogen) atoms. The monoisotopic (exact) mass is 686 g/mol. The fraction of sp³-hybridized carbons (Fsp3) is 0.0192.